The molecule has 0 fully saturated rings. The zero-order valence-electron chi connectivity index (χ0n) is 10.8. The molecule has 2 unspecified atom stereocenters. The number of unbranched alkanes of at least 4 members (excludes halogenated alkanes) is 4. The summed E-state index contributed by atoms with van der Waals surface area (Å²) >= 11 is 0. The number of nitrogens with zero attached hydrogens (tertiary/aromatic N) is 2. The molecule has 0 aliphatic rings. The van der Waals surface area contributed by atoms with Crippen molar-refractivity contribution in [1.29, 1.82) is 0 Å². The highest BCUT2D eigenvalue weighted by atomic mass is 16.1. The lowest BCUT2D eigenvalue weighted by molar-refractivity contribution is 0.522. The van der Waals surface area contributed by atoms with Gasteiger partial charge in [0.25, 0.3) is 0 Å². The van der Waals surface area contributed by atoms with Gasteiger partial charge in [-0.15, -0.1) is 0 Å². The van der Waals surface area contributed by atoms with E-state index < -0.39 is 0 Å². The van der Waals surface area contributed by atoms with Crippen molar-refractivity contribution in [2.45, 2.75) is 70.9 Å². The standard InChI is InChI=1S/C13H22N2O2/c1-12(14-10-16)8-6-4-3-5-7-9-13(2)15-11-17/h12-13H,3-9H2,1-2H3. The first-order valence-electron chi connectivity index (χ1n) is 6.34. The van der Waals surface area contributed by atoms with E-state index in [0.717, 1.165) is 25.7 Å². The van der Waals surface area contributed by atoms with Crippen molar-refractivity contribution >= 4 is 12.2 Å². The fraction of sp³-hybridized carbons (Fsp3) is 0.846. The van der Waals surface area contributed by atoms with Gasteiger partial charge in [-0.3, -0.25) is 0 Å². The van der Waals surface area contributed by atoms with Gasteiger partial charge in [0.05, 0.1) is 12.1 Å². The summed E-state index contributed by atoms with van der Waals surface area (Å²) in [5.41, 5.74) is 0. The molecule has 0 radical (unpaired) electrons. The zero-order valence-corrected chi connectivity index (χ0v) is 10.8. The fourth-order valence-electron chi connectivity index (χ4n) is 1.72. The Hall–Kier alpha value is -1.24. The summed E-state index contributed by atoms with van der Waals surface area (Å²) < 4.78 is 0. The molecule has 0 amide bonds. The highest BCUT2D eigenvalue weighted by Gasteiger charge is 2.00. The predicted octanol–water partition coefficient (Wildman–Crippen LogP) is 3.17. The van der Waals surface area contributed by atoms with Crippen LogP contribution in [0, 0.1) is 0 Å². The van der Waals surface area contributed by atoms with Gasteiger partial charge in [0.1, 0.15) is 0 Å². The number of isocyanates is 2. The van der Waals surface area contributed by atoms with Crippen LogP contribution in [0.1, 0.15) is 58.8 Å². The zero-order chi connectivity index (χ0) is 12.9. The highest BCUT2D eigenvalue weighted by molar-refractivity contribution is 5.33. The molecular weight excluding hydrogens is 216 g/mol. The van der Waals surface area contributed by atoms with Crippen LogP contribution < -0.4 is 0 Å². The van der Waals surface area contributed by atoms with Crippen LogP contribution in [0.15, 0.2) is 9.98 Å². The van der Waals surface area contributed by atoms with Crippen LogP contribution in [0.5, 0.6) is 0 Å². The van der Waals surface area contributed by atoms with Gasteiger partial charge in [-0.05, 0) is 26.7 Å². The van der Waals surface area contributed by atoms with E-state index in [2.05, 4.69) is 9.98 Å². The van der Waals surface area contributed by atoms with Gasteiger partial charge in [-0.25, -0.2) is 19.6 Å². The van der Waals surface area contributed by atoms with Gasteiger partial charge in [-0.1, -0.05) is 32.1 Å². The van der Waals surface area contributed by atoms with Crippen LogP contribution in [0.25, 0.3) is 0 Å². The van der Waals surface area contributed by atoms with E-state index in [0.29, 0.717) is 0 Å². The topological polar surface area (TPSA) is 58.9 Å². The molecule has 0 aliphatic carbocycles. The second-order valence-electron chi connectivity index (χ2n) is 4.48. The summed E-state index contributed by atoms with van der Waals surface area (Å²) in [4.78, 5) is 27.3. The maximum Gasteiger partial charge on any atom is 0.235 e. The second-order valence-corrected chi connectivity index (χ2v) is 4.48. The molecule has 0 aromatic heterocycles. The van der Waals surface area contributed by atoms with E-state index in [1.54, 1.807) is 12.2 Å². The van der Waals surface area contributed by atoms with Crippen LogP contribution in [0.3, 0.4) is 0 Å². The second kappa shape index (κ2) is 11.3. The summed E-state index contributed by atoms with van der Waals surface area (Å²) in [6.45, 7) is 3.87. The van der Waals surface area contributed by atoms with Gasteiger partial charge < -0.3 is 0 Å². The molecule has 17 heavy (non-hydrogen) atoms. The van der Waals surface area contributed by atoms with Crippen LogP contribution in [0.2, 0.25) is 0 Å². The van der Waals surface area contributed by atoms with Gasteiger partial charge >= 0.3 is 0 Å². The Morgan fingerprint density at radius 3 is 1.47 bits per heavy atom. The van der Waals surface area contributed by atoms with Crippen molar-refractivity contribution in [2.75, 3.05) is 0 Å². The average molecular weight is 238 g/mol. The Morgan fingerprint density at radius 2 is 1.12 bits per heavy atom. The Morgan fingerprint density at radius 1 is 0.765 bits per heavy atom. The fourth-order valence-corrected chi connectivity index (χ4v) is 1.72. The van der Waals surface area contributed by atoms with E-state index in [-0.39, 0.29) is 12.1 Å². The Labute approximate surface area is 103 Å². The van der Waals surface area contributed by atoms with Crippen molar-refractivity contribution in [2.24, 2.45) is 9.98 Å². The number of hydrogen-bond acceptors (Lipinski definition) is 4. The van der Waals surface area contributed by atoms with E-state index >= 15 is 0 Å². The van der Waals surface area contributed by atoms with Crippen LogP contribution in [-0.2, 0) is 9.59 Å². The molecule has 0 aromatic carbocycles. The van der Waals surface area contributed by atoms with Gasteiger partial charge in [0.15, 0.2) is 0 Å². The van der Waals surface area contributed by atoms with Crippen LogP contribution >= 0.6 is 0 Å². The SMILES string of the molecule is CC(CCCCCCCC(C)N=C=O)N=C=O. The van der Waals surface area contributed by atoms with Crippen LogP contribution in [0.4, 0.5) is 0 Å². The molecular formula is C13H22N2O2. The molecule has 0 rings (SSSR count). The normalized spacial score (nSPS) is 13.3. The van der Waals surface area contributed by atoms with Crippen molar-refractivity contribution in [3.05, 3.63) is 0 Å². The van der Waals surface area contributed by atoms with E-state index in [9.17, 15) is 9.59 Å². The highest BCUT2D eigenvalue weighted by Crippen LogP contribution is 2.11. The maximum atomic E-state index is 9.98. The molecule has 2 atom stereocenters. The number of carbonyl (C=O) groups excluding carboxylic acids is 2. The van der Waals surface area contributed by atoms with Gasteiger partial charge in [-0.2, -0.15) is 0 Å². The van der Waals surface area contributed by atoms with Gasteiger partial charge in [0, 0.05) is 0 Å². The maximum absolute atomic E-state index is 9.98. The summed E-state index contributed by atoms with van der Waals surface area (Å²) in [6, 6.07) is 0.212. The molecule has 0 N–H and O–H groups in total. The first-order chi connectivity index (χ1) is 8.20. The lowest BCUT2D eigenvalue weighted by Gasteiger charge is -2.05. The summed E-state index contributed by atoms with van der Waals surface area (Å²) in [5.74, 6) is 0. The van der Waals surface area contributed by atoms with Crippen molar-refractivity contribution in [3.63, 3.8) is 0 Å². The van der Waals surface area contributed by atoms with E-state index in [1.807, 2.05) is 13.8 Å². The molecule has 0 aromatic rings. The lowest BCUT2D eigenvalue weighted by Crippen LogP contribution is -1.98. The Balaban J connectivity index is 3.29. The minimum Gasteiger partial charge on any atom is -0.211 e. The molecule has 4 heteroatoms. The smallest absolute Gasteiger partial charge is 0.211 e. The number of aliphatic imine (C=N–C) groups is 2. The van der Waals surface area contributed by atoms with Crippen molar-refractivity contribution in [3.8, 4) is 0 Å². The number of rotatable bonds is 10. The third-order valence-electron chi connectivity index (χ3n) is 2.79. The first kappa shape index (κ1) is 15.8. The van der Waals surface area contributed by atoms with E-state index in [1.165, 1.54) is 19.3 Å². The van der Waals surface area contributed by atoms with Crippen LogP contribution in [-0.4, -0.2) is 24.2 Å². The summed E-state index contributed by atoms with van der Waals surface area (Å²) in [5, 5.41) is 0. The molecule has 0 saturated heterocycles. The monoisotopic (exact) mass is 238 g/mol. The van der Waals surface area contributed by atoms with Gasteiger partial charge in [0.2, 0.25) is 12.2 Å². The molecule has 0 bridgehead atoms. The molecule has 4 nitrogen and oxygen atoms in total. The van der Waals surface area contributed by atoms with Crippen molar-refractivity contribution in [1.82, 2.24) is 0 Å². The van der Waals surface area contributed by atoms with E-state index in [4.69, 9.17) is 0 Å². The molecule has 0 saturated carbocycles. The molecule has 0 aliphatic heterocycles. The third kappa shape index (κ3) is 11.0. The lowest BCUT2D eigenvalue weighted by atomic mass is 10.1. The minimum absolute atomic E-state index is 0.106. The number of hydrogen-bond donors (Lipinski definition) is 0. The molecule has 0 spiro atoms. The predicted molar refractivity (Wildman–Crippen MR) is 67.5 cm³/mol. The molecule has 0 heterocycles. The molecule has 96 valence electrons. The Kier molecular flexibility index (Phi) is 10.4. The summed E-state index contributed by atoms with van der Waals surface area (Å²) in [6.07, 6.45) is 10.8. The first-order valence-corrected chi connectivity index (χ1v) is 6.34. The Bertz CT molecular complexity index is 251. The largest absolute Gasteiger partial charge is 0.235 e. The minimum atomic E-state index is 0.106. The third-order valence-corrected chi connectivity index (χ3v) is 2.79. The van der Waals surface area contributed by atoms with Crippen molar-refractivity contribution < 1.29 is 9.59 Å². The summed E-state index contributed by atoms with van der Waals surface area (Å²) in [7, 11) is 0. The average Bonchev–Trinajstić information content (AvgIpc) is 2.28. The quantitative estimate of drug-likeness (QED) is 0.333.